The van der Waals surface area contributed by atoms with Gasteiger partial charge in [-0.2, -0.15) is 5.26 Å². The van der Waals surface area contributed by atoms with Crippen molar-refractivity contribution < 1.29 is 4.79 Å². The maximum Gasteiger partial charge on any atom is 0.267 e. The predicted octanol–water partition coefficient (Wildman–Crippen LogP) is 4.11. The lowest BCUT2D eigenvalue weighted by molar-refractivity contribution is 0.103. The molecule has 120 valence electrons. The molecule has 0 saturated heterocycles. The van der Waals surface area contributed by atoms with Crippen LogP contribution < -0.4 is 16.8 Å². The summed E-state index contributed by atoms with van der Waals surface area (Å²) in [5, 5.41) is 12.4. The zero-order chi connectivity index (χ0) is 17.4. The lowest BCUT2D eigenvalue weighted by Crippen LogP contribution is -2.12. The number of nitrogen functional groups attached to an aromatic ring is 2. The summed E-state index contributed by atoms with van der Waals surface area (Å²) in [6.45, 7) is 0. The minimum Gasteiger partial charge on any atom is -0.397 e. The van der Waals surface area contributed by atoms with Crippen LogP contribution in [0.1, 0.15) is 15.2 Å². The molecule has 0 atom stereocenters. The highest BCUT2D eigenvalue weighted by atomic mass is 79.9. The molecule has 0 aliphatic carbocycles. The van der Waals surface area contributed by atoms with E-state index in [0.717, 1.165) is 20.3 Å². The van der Waals surface area contributed by atoms with Gasteiger partial charge in [-0.1, -0.05) is 15.9 Å². The van der Waals surface area contributed by atoms with E-state index in [2.05, 4.69) is 42.2 Å². The fourth-order valence-corrected chi connectivity index (χ4v) is 3.77. The number of halogens is 2. The topological polar surface area (TPSA) is 118 Å². The van der Waals surface area contributed by atoms with Crippen LogP contribution in [0, 0.1) is 11.3 Å². The summed E-state index contributed by atoms with van der Waals surface area (Å²) in [6, 6.07) is 8.95. The van der Waals surface area contributed by atoms with Gasteiger partial charge < -0.3 is 16.8 Å². The van der Waals surface area contributed by atoms with Crippen LogP contribution in [0.2, 0.25) is 0 Å². The molecule has 0 spiro atoms. The second-order valence-corrected chi connectivity index (χ2v) is 7.58. The molecule has 2 heterocycles. The molecule has 1 amide bonds. The monoisotopic (exact) mass is 465 g/mol. The highest BCUT2D eigenvalue weighted by Gasteiger charge is 2.19. The molecule has 0 unspecified atom stereocenters. The summed E-state index contributed by atoms with van der Waals surface area (Å²) in [4.78, 5) is 17.5. The van der Waals surface area contributed by atoms with Crippen molar-refractivity contribution in [2.24, 2.45) is 0 Å². The summed E-state index contributed by atoms with van der Waals surface area (Å²) in [5.74, 6) is -0.237. The molecule has 6 nitrogen and oxygen atoms in total. The number of rotatable bonds is 2. The van der Waals surface area contributed by atoms with Gasteiger partial charge in [0, 0.05) is 14.3 Å². The number of thiophene rings is 1. The number of anilines is 3. The lowest BCUT2D eigenvalue weighted by Gasteiger charge is -2.07. The Labute approximate surface area is 157 Å². The van der Waals surface area contributed by atoms with Crippen LogP contribution in [0.4, 0.5) is 17.2 Å². The van der Waals surface area contributed by atoms with Crippen molar-refractivity contribution in [2.75, 3.05) is 16.8 Å². The minimum absolute atomic E-state index is 0.118. The van der Waals surface area contributed by atoms with E-state index in [9.17, 15) is 4.79 Å². The predicted molar refractivity (Wildman–Crippen MR) is 103 cm³/mol. The van der Waals surface area contributed by atoms with Crippen LogP contribution in [0.15, 0.2) is 33.2 Å². The molecule has 0 saturated carbocycles. The van der Waals surface area contributed by atoms with E-state index in [1.54, 1.807) is 12.1 Å². The van der Waals surface area contributed by atoms with Gasteiger partial charge in [-0.15, -0.1) is 11.3 Å². The minimum atomic E-state index is -0.355. The highest BCUT2D eigenvalue weighted by Crippen LogP contribution is 2.35. The summed E-state index contributed by atoms with van der Waals surface area (Å²) < 4.78 is 1.58. The Bertz CT molecular complexity index is 1020. The number of hydrogen-bond acceptors (Lipinski definition) is 6. The number of amides is 1. The van der Waals surface area contributed by atoms with E-state index in [1.165, 1.54) is 0 Å². The summed E-state index contributed by atoms with van der Waals surface area (Å²) in [5.41, 5.74) is 12.9. The first-order valence-electron chi connectivity index (χ1n) is 6.55. The van der Waals surface area contributed by atoms with Gasteiger partial charge in [-0.3, -0.25) is 4.79 Å². The smallest absolute Gasteiger partial charge is 0.267 e. The van der Waals surface area contributed by atoms with Gasteiger partial charge in [0.1, 0.15) is 21.6 Å². The van der Waals surface area contributed by atoms with Crippen LogP contribution in [-0.2, 0) is 0 Å². The third-order valence-electron chi connectivity index (χ3n) is 3.25. The molecule has 1 aromatic carbocycles. The van der Waals surface area contributed by atoms with Crippen molar-refractivity contribution in [1.29, 1.82) is 5.26 Å². The maximum absolute atomic E-state index is 12.6. The van der Waals surface area contributed by atoms with E-state index < -0.39 is 0 Å². The van der Waals surface area contributed by atoms with E-state index in [1.807, 2.05) is 18.2 Å². The third kappa shape index (κ3) is 2.96. The number of carbonyl (C=O) groups is 1. The molecule has 24 heavy (non-hydrogen) atoms. The second-order valence-electron chi connectivity index (χ2n) is 4.81. The first-order chi connectivity index (χ1) is 11.4. The number of fused-ring (bicyclic) bond motifs is 1. The van der Waals surface area contributed by atoms with Gasteiger partial charge in [-0.25, -0.2) is 4.98 Å². The Morgan fingerprint density at radius 3 is 2.75 bits per heavy atom. The number of nitrogens with one attached hydrogen (secondary N) is 1. The van der Waals surface area contributed by atoms with E-state index in [4.69, 9.17) is 16.7 Å². The standard InChI is InChI=1S/C15H9Br2N5OS/c16-7-1-2-9(17)10(4-7)21-14(23)12-11(19)8-3-6(5-18)13(20)22-15(8)24-12/h1-4H,19H2,(H2,20,22)(H,21,23). The van der Waals surface area contributed by atoms with Gasteiger partial charge >= 0.3 is 0 Å². The molecule has 2 aromatic heterocycles. The van der Waals surface area contributed by atoms with Crippen LogP contribution >= 0.6 is 43.2 Å². The van der Waals surface area contributed by atoms with Gasteiger partial charge in [-0.05, 0) is 40.2 Å². The van der Waals surface area contributed by atoms with E-state index in [0.29, 0.717) is 20.8 Å². The molecule has 0 bridgehead atoms. The van der Waals surface area contributed by atoms with Gasteiger partial charge in [0.2, 0.25) is 0 Å². The number of nitrogens with zero attached hydrogens (tertiary/aromatic N) is 2. The van der Waals surface area contributed by atoms with Gasteiger partial charge in [0.15, 0.2) is 0 Å². The van der Waals surface area contributed by atoms with E-state index in [-0.39, 0.29) is 23.0 Å². The molecule has 3 rings (SSSR count). The van der Waals surface area contributed by atoms with Gasteiger partial charge in [0.25, 0.3) is 5.91 Å². The van der Waals surface area contributed by atoms with Gasteiger partial charge in [0.05, 0.1) is 16.9 Å². The quantitative estimate of drug-likeness (QED) is 0.525. The lowest BCUT2D eigenvalue weighted by atomic mass is 10.2. The zero-order valence-corrected chi connectivity index (χ0v) is 15.9. The first kappa shape index (κ1) is 16.7. The maximum atomic E-state index is 12.6. The molecule has 0 aliphatic heterocycles. The largest absolute Gasteiger partial charge is 0.397 e. The van der Waals surface area contributed by atoms with Crippen molar-refractivity contribution in [3.63, 3.8) is 0 Å². The molecular formula is C15H9Br2N5OS. The number of aromatic nitrogens is 1. The Balaban J connectivity index is 2.03. The fraction of sp³-hybridized carbons (Fsp3) is 0. The van der Waals surface area contributed by atoms with Crippen molar-refractivity contribution in [3.8, 4) is 6.07 Å². The molecule has 0 aliphatic rings. The Morgan fingerprint density at radius 2 is 2.04 bits per heavy atom. The molecule has 9 heteroatoms. The summed E-state index contributed by atoms with van der Waals surface area (Å²) in [6.07, 6.45) is 0. The number of carbonyl (C=O) groups excluding carboxylic acids is 1. The number of hydrogen-bond donors (Lipinski definition) is 3. The summed E-state index contributed by atoms with van der Waals surface area (Å²) >= 11 is 7.88. The number of benzene rings is 1. The third-order valence-corrected chi connectivity index (χ3v) is 5.55. The normalized spacial score (nSPS) is 10.5. The highest BCUT2D eigenvalue weighted by molar-refractivity contribution is 9.11. The van der Waals surface area contributed by atoms with Crippen molar-refractivity contribution in [2.45, 2.75) is 0 Å². The van der Waals surface area contributed by atoms with Crippen LogP contribution in [0.3, 0.4) is 0 Å². The zero-order valence-electron chi connectivity index (χ0n) is 11.9. The van der Waals surface area contributed by atoms with Crippen molar-refractivity contribution >= 4 is 76.5 Å². The number of nitriles is 1. The van der Waals surface area contributed by atoms with Crippen LogP contribution in [0.25, 0.3) is 10.2 Å². The Hall–Kier alpha value is -2.15. The molecule has 0 radical (unpaired) electrons. The second kappa shape index (κ2) is 6.39. The summed E-state index contributed by atoms with van der Waals surface area (Å²) in [7, 11) is 0. The van der Waals surface area contributed by atoms with Crippen LogP contribution in [0.5, 0.6) is 0 Å². The SMILES string of the molecule is N#Cc1cc2c(N)c(C(=O)Nc3cc(Br)ccc3Br)sc2nc1N. The number of nitrogens with two attached hydrogens (primary N) is 2. The Kier molecular flexibility index (Phi) is 4.45. The van der Waals surface area contributed by atoms with E-state index >= 15 is 0 Å². The Morgan fingerprint density at radius 1 is 1.29 bits per heavy atom. The molecular weight excluding hydrogens is 458 g/mol. The average Bonchev–Trinajstić information content (AvgIpc) is 2.86. The fourth-order valence-electron chi connectivity index (χ4n) is 2.09. The average molecular weight is 467 g/mol. The molecule has 0 fully saturated rings. The number of pyridine rings is 1. The van der Waals surface area contributed by atoms with Crippen LogP contribution in [-0.4, -0.2) is 10.9 Å². The first-order valence-corrected chi connectivity index (χ1v) is 8.96. The molecule has 5 N–H and O–H groups in total. The van der Waals surface area contributed by atoms with Crippen molar-refractivity contribution in [1.82, 2.24) is 4.98 Å². The molecule has 3 aromatic rings. The van der Waals surface area contributed by atoms with Crippen molar-refractivity contribution in [3.05, 3.63) is 43.7 Å².